The smallest absolute Gasteiger partial charge is 0.0141 e. The van der Waals surface area contributed by atoms with E-state index < -0.39 is 0 Å². The lowest BCUT2D eigenvalue weighted by Gasteiger charge is -1.95. The number of hydrogen-bond acceptors (Lipinski definition) is 0. The Morgan fingerprint density at radius 1 is 1.00 bits per heavy atom. The van der Waals surface area contributed by atoms with Crippen LogP contribution in [0.15, 0.2) is 11.1 Å². The van der Waals surface area contributed by atoms with Crippen LogP contribution in [0.25, 0.3) is 0 Å². The van der Waals surface area contributed by atoms with Crippen molar-refractivity contribution in [2.75, 3.05) is 0 Å². The third-order valence-electron chi connectivity index (χ3n) is 1.99. The summed E-state index contributed by atoms with van der Waals surface area (Å²) in [5, 5.41) is 1.09. The van der Waals surface area contributed by atoms with Gasteiger partial charge in [-0.1, -0.05) is 36.9 Å². The Hall–Kier alpha value is 0.0300. The van der Waals surface area contributed by atoms with Gasteiger partial charge in [-0.05, 0) is 25.7 Å². The summed E-state index contributed by atoms with van der Waals surface area (Å²) in [4.78, 5) is 0. The first-order chi connectivity index (χ1) is 4.89. The topological polar surface area (TPSA) is 0 Å². The molecule has 0 fully saturated rings. The maximum absolute atomic E-state index is 5.93. The van der Waals surface area contributed by atoms with E-state index in [0.717, 1.165) is 11.5 Å². The molecule has 0 saturated heterocycles. The fourth-order valence-electron chi connectivity index (χ4n) is 1.33. The zero-order valence-electron chi connectivity index (χ0n) is 6.41. The van der Waals surface area contributed by atoms with Gasteiger partial charge in [0.2, 0.25) is 0 Å². The molecular weight excluding hydrogens is 144 g/mol. The number of allylic oxidation sites excluding steroid dienone is 2. The molecule has 0 aromatic rings. The van der Waals surface area contributed by atoms with Gasteiger partial charge in [0.15, 0.2) is 0 Å². The van der Waals surface area contributed by atoms with E-state index in [1.54, 1.807) is 0 Å². The highest BCUT2D eigenvalue weighted by molar-refractivity contribution is 6.29. The van der Waals surface area contributed by atoms with Gasteiger partial charge in [-0.25, -0.2) is 0 Å². The zero-order valence-corrected chi connectivity index (χ0v) is 7.16. The summed E-state index contributed by atoms with van der Waals surface area (Å²) in [5.41, 5.74) is 0. The first kappa shape index (κ1) is 8.13. The Labute approximate surface area is 68.3 Å². The van der Waals surface area contributed by atoms with E-state index in [0.29, 0.717) is 0 Å². The minimum absolute atomic E-state index is 1.09. The van der Waals surface area contributed by atoms with E-state index in [2.05, 4.69) is 6.08 Å². The highest BCUT2D eigenvalue weighted by Crippen LogP contribution is 2.18. The molecule has 0 nitrogen and oxygen atoms in total. The first-order valence-electron chi connectivity index (χ1n) is 4.24. The monoisotopic (exact) mass is 158 g/mol. The van der Waals surface area contributed by atoms with Gasteiger partial charge in [0, 0.05) is 5.03 Å². The van der Waals surface area contributed by atoms with E-state index in [1.807, 2.05) is 0 Å². The van der Waals surface area contributed by atoms with Crippen molar-refractivity contribution >= 4 is 11.6 Å². The molecule has 1 heteroatoms. The second kappa shape index (κ2) is 4.79. The molecule has 0 aliphatic heterocycles. The van der Waals surface area contributed by atoms with Gasteiger partial charge < -0.3 is 0 Å². The molecule has 1 rings (SSSR count). The van der Waals surface area contributed by atoms with Crippen molar-refractivity contribution in [2.45, 2.75) is 44.9 Å². The van der Waals surface area contributed by atoms with Gasteiger partial charge in [0.1, 0.15) is 0 Å². The molecule has 10 heavy (non-hydrogen) atoms. The van der Waals surface area contributed by atoms with E-state index >= 15 is 0 Å². The van der Waals surface area contributed by atoms with Gasteiger partial charge >= 0.3 is 0 Å². The van der Waals surface area contributed by atoms with Crippen LogP contribution in [0.2, 0.25) is 0 Å². The summed E-state index contributed by atoms with van der Waals surface area (Å²) in [5.74, 6) is 0. The normalized spacial score (nSPS) is 22.3. The first-order valence-corrected chi connectivity index (χ1v) is 4.62. The Morgan fingerprint density at radius 2 is 1.70 bits per heavy atom. The maximum Gasteiger partial charge on any atom is 0.0141 e. The lowest BCUT2D eigenvalue weighted by Crippen LogP contribution is -1.75. The number of hydrogen-bond donors (Lipinski definition) is 0. The molecule has 1 aliphatic carbocycles. The Morgan fingerprint density at radius 3 is 2.60 bits per heavy atom. The molecule has 0 saturated carbocycles. The lowest BCUT2D eigenvalue weighted by atomic mass is 10.1. The van der Waals surface area contributed by atoms with Gasteiger partial charge in [-0.2, -0.15) is 0 Å². The van der Waals surface area contributed by atoms with Gasteiger partial charge in [-0.3, -0.25) is 0 Å². The van der Waals surface area contributed by atoms with E-state index in [9.17, 15) is 0 Å². The van der Waals surface area contributed by atoms with Crippen LogP contribution in [0, 0.1) is 0 Å². The molecule has 0 unspecified atom stereocenters. The van der Waals surface area contributed by atoms with Gasteiger partial charge in [0.25, 0.3) is 0 Å². The van der Waals surface area contributed by atoms with Crippen LogP contribution in [0.3, 0.4) is 0 Å². The van der Waals surface area contributed by atoms with Crippen molar-refractivity contribution < 1.29 is 0 Å². The molecule has 0 radical (unpaired) electrons. The summed E-state index contributed by atoms with van der Waals surface area (Å²) >= 11 is 5.93. The Kier molecular flexibility index (Phi) is 3.89. The molecule has 1 aliphatic rings. The van der Waals surface area contributed by atoms with Crippen LogP contribution < -0.4 is 0 Å². The fraction of sp³-hybridized carbons (Fsp3) is 0.778. The van der Waals surface area contributed by atoms with E-state index in [-0.39, 0.29) is 0 Å². The summed E-state index contributed by atoms with van der Waals surface area (Å²) in [6, 6.07) is 0. The number of halogens is 1. The van der Waals surface area contributed by atoms with Crippen LogP contribution >= 0.6 is 11.6 Å². The highest BCUT2D eigenvalue weighted by Gasteiger charge is 1.97. The van der Waals surface area contributed by atoms with Crippen molar-refractivity contribution in [3.8, 4) is 0 Å². The Balaban J connectivity index is 2.29. The standard InChI is InChI=1S/C9H15Cl/c10-9-7-5-3-1-2-4-6-8-9/h7H,1-6,8H2. The van der Waals surface area contributed by atoms with Crippen LogP contribution in [-0.4, -0.2) is 0 Å². The largest absolute Gasteiger partial charge is 0.0895 e. The van der Waals surface area contributed by atoms with Crippen LogP contribution in [0.1, 0.15) is 44.9 Å². The van der Waals surface area contributed by atoms with Crippen molar-refractivity contribution in [3.05, 3.63) is 11.1 Å². The molecule has 0 bridgehead atoms. The second-order valence-electron chi connectivity index (χ2n) is 2.96. The third kappa shape index (κ3) is 3.26. The predicted molar refractivity (Wildman–Crippen MR) is 46.3 cm³/mol. The summed E-state index contributed by atoms with van der Waals surface area (Å²) in [6.45, 7) is 0. The molecule has 0 aromatic heterocycles. The summed E-state index contributed by atoms with van der Waals surface area (Å²) in [7, 11) is 0. The van der Waals surface area contributed by atoms with Crippen molar-refractivity contribution in [2.24, 2.45) is 0 Å². The maximum atomic E-state index is 5.93. The lowest BCUT2D eigenvalue weighted by molar-refractivity contribution is 0.631. The molecule has 0 amide bonds. The quantitative estimate of drug-likeness (QED) is 0.503. The Bertz CT molecular complexity index is 116. The zero-order chi connectivity index (χ0) is 7.23. The molecule has 0 atom stereocenters. The molecule has 0 spiro atoms. The predicted octanol–water partition coefficient (Wildman–Crippen LogP) is 3.85. The molecule has 0 N–H and O–H groups in total. The summed E-state index contributed by atoms with van der Waals surface area (Å²) in [6.07, 6.45) is 11.3. The van der Waals surface area contributed by atoms with E-state index in [1.165, 1.54) is 38.5 Å². The minimum atomic E-state index is 1.09. The SMILES string of the molecule is ClC1=CCCCCCCC1. The molecule has 58 valence electrons. The van der Waals surface area contributed by atoms with Crippen molar-refractivity contribution in [1.82, 2.24) is 0 Å². The van der Waals surface area contributed by atoms with Gasteiger partial charge in [-0.15, -0.1) is 0 Å². The molecule has 0 aromatic carbocycles. The van der Waals surface area contributed by atoms with Gasteiger partial charge in [0.05, 0.1) is 0 Å². The average molecular weight is 159 g/mol. The van der Waals surface area contributed by atoms with Crippen molar-refractivity contribution in [1.29, 1.82) is 0 Å². The highest BCUT2D eigenvalue weighted by atomic mass is 35.5. The number of rotatable bonds is 0. The molecular formula is C9H15Cl. The molecule has 0 heterocycles. The van der Waals surface area contributed by atoms with E-state index in [4.69, 9.17) is 11.6 Å². The summed E-state index contributed by atoms with van der Waals surface area (Å²) < 4.78 is 0. The van der Waals surface area contributed by atoms with Crippen LogP contribution in [-0.2, 0) is 0 Å². The minimum Gasteiger partial charge on any atom is -0.0895 e. The second-order valence-corrected chi connectivity index (χ2v) is 3.44. The average Bonchev–Trinajstić information content (AvgIpc) is 2.02. The van der Waals surface area contributed by atoms with Crippen molar-refractivity contribution in [3.63, 3.8) is 0 Å². The van der Waals surface area contributed by atoms with Crippen LogP contribution in [0.4, 0.5) is 0 Å². The third-order valence-corrected chi connectivity index (χ3v) is 2.33. The van der Waals surface area contributed by atoms with Crippen LogP contribution in [0.5, 0.6) is 0 Å². The fourth-order valence-corrected chi connectivity index (χ4v) is 1.57.